The molecule has 3 rings (SSSR count). The number of aromatic nitrogens is 3. The molecule has 0 saturated carbocycles. The van der Waals surface area contributed by atoms with Gasteiger partial charge in [0.25, 0.3) is 5.69 Å². The Hall–Kier alpha value is -2.28. The summed E-state index contributed by atoms with van der Waals surface area (Å²) in [5, 5.41) is 19.3. The summed E-state index contributed by atoms with van der Waals surface area (Å²) in [5.74, 6) is 0.399. The van der Waals surface area contributed by atoms with E-state index in [1.807, 2.05) is 11.4 Å². The van der Waals surface area contributed by atoms with Gasteiger partial charge in [0.15, 0.2) is 0 Å². The van der Waals surface area contributed by atoms with Crippen molar-refractivity contribution in [2.45, 2.75) is 33.2 Å². The van der Waals surface area contributed by atoms with Crippen LogP contribution in [0.4, 0.5) is 5.69 Å². The highest BCUT2D eigenvalue weighted by Gasteiger charge is 2.19. The van der Waals surface area contributed by atoms with E-state index in [-0.39, 0.29) is 10.6 Å². The lowest BCUT2D eigenvalue weighted by molar-refractivity contribution is -0.383. The Kier molecular flexibility index (Phi) is 3.66. The summed E-state index contributed by atoms with van der Waals surface area (Å²) >= 11 is 1.64. The van der Waals surface area contributed by atoms with Crippen LogP contribution in [0.2, 0.25) is 0 Å². The molecule has 0 aliphatic heterocycles. The van der Waals surface area contributed by atoms with Crippen LogP contribution in [-0.4, -0.2) is 19.7 Å². The highest BCUT2D eigenvalue weighted by atomic mass is 32.1. The summed E-state index contributed by atoms with van der Waals surface area (Å²) < 4.78 is 1.79. The van der Waals surface area contributed by atoms with Crippen LogP contribution in [0.5, 0.6) is 0 Å². The van der Waals surface area contributed by atoms with Crippen molar-refractivity contribution in [2.24, 2.45) is 0 Å². The van der Waals surface area contributed by atoms with E-state index >= 15 is 0 Å². The smallest absolute Gasteiger partial charge is 0.258 e. The molecular formula is C15H16N4O2S. The van der Waals surface area contributed by atoms with Crippen LogP contribution in [0.15, 0.2) is 23.6 Å². The lowest BCUT2D eigenvalue weighted by Gasteiger charge is -2.01. The normalized spacial score (nSPS) is 11.5. The van der Waals surface area contributed by atoms with E-state index in [1.54, 1.807) is 29.0 Å². The van der Waals surface area contributed by atoms with Crippen LogP contribution in [-0.2, 0) is 6.54 Å². The number of hydrogen-bond donors (Lipinski definition) is 0. The Morgan fingerprint density at radius 2 is 2.18 bits per heavy atom. The highest BCUT2D eigenvalue weighted by Crippen LogP contribution is 2.29. The van der Waals surface area contributed by atoms with Gasteiger partial charge in [0.1, 0.15) is 5.39 Å². The number of hydrogen-bond acceptors (Lipinski definition) is 5. The second-order valence-corrected chi connectivity index (χ2v) is 6.39. The number of nitrogens with zero attached hydrogens (tertiary/aromatic N) is 4. The van der Waals surface area contributed by atoms with Crippen molar-refractivity contribution in [1.29, 1.82) is 0 Å². The molecule has 1 aromatic carbocycles. The summed E-state index contributed by atoms with van der Waals surface area (Å²) in [5.41, 5.74) is 2.47. The molecule has 0 atom stereocenters. The topological polar surface area (TPSA) is 73.8 Å². The largest absolute Gasteiger partial charge is 0.280 e. The molecule has 0 saturated heterocycles. The average molecular weight is 316 g/mol. The Morgan fingerprint density at radius 1 is 1.41 bits per heavy atom. The molecule has 0 radical (unpaired) electrons. The second kappa shape index (κ2) is 5.49. The van der Waals surface area contributed by atoms with Crippen LogP contribution in [0.1, 0.15) is 36.2 Å². The van der Waals surface area contributed by atoms with E-state index in [4.69, 9.17) is 0 Å². The van der Waals surface area contributed by atoms with Crippen molar-refractivity contribution >= 4 is 27.9 Å². The third kappa shape index (κ3) is 2.48. The van der Waals surface area contributed by atoms with E-state index < -0.39 is 0 Å². The van der Waals surface area contributed by atoms with Crippen molar-refractivity contribution in [3.63, 3.8) is 0 Å². The molecule has 0 N–H and O–H groups in total. The maximum atomic E-state index is 11.2. The number of non-ortho nitro benzene ring substituents is 1. The number of rotatable bonds is 4. The van der Waals surface area contributed by atoms with E-state index in [1.165, 1.54) is 6.07 Å². The minimum absolute atomic E-state index is 0.0994. The van der Waals surface area contributed by atoms with Crippen molar-refractivity contribution in [3.05, 3.63) is 50.1 Å². The van der Waals surface area contributed by atoms with E-state index in [0.29, 0.717) is 23.5 Å². The monoisotopic (exact) mass is 316 g/mol. The summed E-state index contributed by atoms with van der Waals surface area (Å²) in [6, 6.07) is 5.07. The van der Waals surface area contributed by atoms with Crippen molar-refractivity contribution in [3.8, 4) is 0 Å². The summed E-state index contributed by atoms with van der Waals surface area (Å²) in [6.45, 7) is 6.54. The fraction of sp³-hybridized carbons (Fsp3) is 0.333. The zero-order valence-electron chi connectivity index (χ0n) is 12.6. The van der Waals surface area contributed by atoms with Gasteiger partial charge in [-0.15, -0.1) is 11.3 Å². The van der Waals surface area contributed by atoms with Crippen molar-refractivity contribution in [2.75, 3.05) is 0 Å². The van der Waals surface area contributed by atoms with Gasteiger partial charge in [-0.25, -0.2) is 4.98 Å². The van der Waals surface area contributed by atoms with Gasteiger partial charge in [0.05, 0.1) is 33.4 Å². The van der Waals surface area contributed by atoms with E-state index in [9.17, 15) is 10.1 Å². The first-order valence-electron chi connectivity index (χ1n) is 7.02. The molecule has 2 heterocycles. The van der Waals surface area contributed by atoms with Crippen LogP contribution in [0.25, 0.3) is 10.9 Å². The molecular weight excluding hydrogens is 300 g/mol. The van der Waals surface area contributed by atoms with Crippen LogP contribution >= 0.6 is 11.3 Å². The number of benzene rings is 1. The zero-order chi connectivity index (χ0) is 15.9. The SMILES string of the molecule is Cc1nn(Cc2csc(C(C)C)n2)c2cccc([N+](=O)[O-])c12. The van der Waals surface area contributed by atoms with E-state index in [2.05, 4.69) is 23.9 Å². The number of nitro groups is 1. The number of fused-ring (bicyclic) bond motifs is 1. The van der Waals surface area contributed by atoms with Crippen LogP contribution < -0.4 is 0 Å². The molecule has 2 aromatic heterocycles. The number of thiazole rings is 1. The molecule has 6 nitrogen and oxygen atoms in total. The molecule has 114 valence electrons. The summed E-state index contributed by atoms with van der Waals surface area (Å²) in [7, 11) is 0. The average Bonchev–Trinajstić information content (AvgIpc) is 3.05. The molecule has 22 heavy (non-hydrogen) atoms. The lowest BCUT2D eigenvalue weighted by atomic mass is 10.2. The fourth-order valence-electron chi connectivity index (χ4n) is 2.49. The molecule has 3 aromatic rings. The molecule has 0 bridgehead atoms. The minimum Gasteiger partial charge on any atom is -0.258 e. The first kappa shape index (κ1) is 14.6. The maximum absolute atomic E-state index is 11.2. The van der Waals surface area contributed by atoms with Gasteiger partial charge < -0.3 is 0 Å². The van der Waals surface area contributed by atoms with Crippen molar-refractivity contribution in [1.82, 2.24) is 14.8 Å². The first-order chi connectivity index (χ1) is 10.5. The van der Waals surface area contributed by atoms with Gasteiger partial charge in [0, 0.05) is 17.4 Å². The Morgan fingerprint density at radius 3 is 2.82 bits per heavy atom. The Balaban J connectivity index is 2.04. The molecule has 0 amide bonds. The Labute approximate surface area is 131 Å². The quantitative estimate of drug-likeness (QED) is 0.541. The number of aryl methyl sites for hydroxylation is 1. The third-order valence-electron chi connectivity index (χ3n) is 3.50. The molecule has 0 spiro atoms. The van der Waals surface area contributed by atoms with Crippen LogP contribution in [0.3, 0.4) is 0 Å². The molecule has 0 fully saturated rings. The predicted octanol–water partition coefficient (Wildman–Crippen LogP) is 3.88. The second-order valence-electron chi connectivity index (χ2n) is 5.50. The number of nitro benzene ring substituents is 1. The zero-order valence-corrected chi connectivity index (χ0v) is 13.4. The third-order valence-corrected chi connectivity index (χ3v) is 4.70. The van der Waals surface area contributed by atoms with Gasteiger partial charge in [0.2, 0.25) is 0 Å². The molecule has 0 unspecified atom stereocenters. The summed E-state index contributed by atoms with van der Waals surface area (Å²) in [4.78, 5) is 15.4. The van der Waals surface area contributed by atoms with Crippen molar-refractivity contribution < 1.29 is 4.92 Å². The van der Waals surface area contributed by atoms with Gasteiger partial charge in [-0.1, -0.05) is 19.9 Å². The van der Waals surface area contributed by atoms with Gasteiger partial charge in [-0.05, 0) is 13.0 Å². The fourth-order valence-corrected chi connectivity index (χ4v) is 3.31. The first-order valence-corrected chi connectivity index (χ1v) is 7.90. The molecule has 7 heteroatoms. The minimum atomic E-state index is -0.360. The predicted molar refractivity (Wildman–Crippen MR) is 86.4 cm³/mol. The van der Waals surface area contributed by atoms with Gasteiger partial charge in [-0.2, -0.15) is 5.10 Å². The molecule has 0 aliphatic rings. The molecule has 0 aliphatic carbocycles. The maximum Gasteiger partial charge on any atom is 0.280 e. The summed E-state index contributed by atoms with van der Waals surface area (Å²) in [6.07, 6.45) is 0. The van der Waals surface area contributed by atoms with Gasteiger partial charge in [-0.3, -0.25) is 14.8 Å². The Bertz CT molecular complexity index is 850. The highest BCUT2D eigenvalue weighted by molar-refractivity contribution is 7.09. The van der Waals surface area contributed by atoms with Crippen LogP contribution in [0, 0.1) is 17.0 Å². The lowest BCUT2D eigenvalue weighted by Crippen LogP contribution is -2.02. The van der Waals surface area contributed by atoms with E-state index in [0.717, 1.165) is 16.2 Å². The standard InChI is InChI=1S/C15H16N4O2S/c1-9(2)15-16-11(8-22-15)7-18-12-5-4-6-13(19(20)21)14(12)10(3)17-18/h4-6,8-9H,7H2,1-3H3. The van der Waals surface area contributed by atoms with Gasteiger partial charge >= 0.3 is 0 Å².